The number of ether oxygens (including phenoxy) is 1. The number of amides is 1. The molecule has 1 amide bonds. The number of aryl methyl sites for hydroxylation is 1. The number of rotatable bonds is 8. The Balaban J connectivity index is 2.03. The fourth-order valence-electron chi connectivity index (χ4n) is 2.48. The van der Waals surface area contributed by atoms with Gasteiger partial charge in [-0.25, -0.2) is 4.79 Å². The van der Waals surface area contributed by atoms with Gasteiger partial charge in [-0.2, -0.15) is 0 Å². The van der Waals surface area contributed by atoms with Crippen molar-refractivity contribution in [1.29, 1.82) is 0 Å². The summed E-state index contributed by atoms with van der Waals surface area (Å²) in [5.41, 5.74) is 2.99. The van der Waals surface area contributed by atoms with E-state index in [1.54, 1.807) is 19.9 Å². The molecule has 0 radical (unpaired) electrons. The molecule has 5 heteroatoms. The van der Waals surface area contributed by atoms with E-state index in [0.717, 1.165) is 11.1 Å². The Bertz CT molecular complexity index is 809. The lowest BCUT2D eigenvalue weighted by atomic mass is 10.0. The monoisotopic (exact) mass is 367 g/mol. The molecular weight excluding hydrogens is 342 g/mol. The zero-order valence-corrected chi connectivity index (χ0v) is 15.8. The number of hydrogen-bond acceptors (Lipinski definition) is 3. The third-order valence-electron chi connectivity index (χ3n) is 4.08. The molecular formula is C22H25NO4. The Morgan fingerprint density at radius 1 is 1.11 bits per heavy atom. The van der Waals surface area contributed by atoms with E-state index in [1.165, 1.54) is 11.6 Å². The third-order valence-corrected chi connectivity index (χ3v) is 4.08. The largest absolute Gasteiger partial charge is 0.488 e. The first-order chi connectivity index (χ1) is 12.9. The van der Waals surface area contributed by atoms with Crippen molar-refractivity contribution in [2.45, 2.75) is 33.4 Å². The molecule has 27 heavy (non-hydrogen) atoms. The summed E-state index contributed by atoms with van der Waals surface area (Å²) in [5, 5.41) is 11.7. The zero-order chi connectivity index (χ0) is 19.8. The number of nitrogens with one attached hydrogen (secondary N) is 1. The maximum absolute atomic E-state index is 12.1. The van der Waals surface area contributed by atoms with E-state index in [-0.39, 0.29) is 5.92 Å². The van der Waals surface area contributed by atoms with Crippen LogP contribution in [-0.4, -0.2) is 23.0 Å². The van der Waals surface area contributed by atoms with Crippen molar-refractivity contribution >= 4 is 18.0 Å². The van der Waals surface area contributed by atoms with Crippen LogP contribution in [-0.2, 0) is 16.2 Å². The summed E-state index contributed by atoms with van der Waals surface area (Å²) in [7, 11) is 0. The smallest absolute Gasteiger partial charge is 0.326 e. The van der Waals surface area contributed by atoms with Crippen LogP contribution in [0.2, 0.25) is 0 Å². The van der Waals surface area contributed by atoms with Gasteiger partial charge in [0.15, 0.2) is 0 Å². The summed E-state index contributed by atoms with van der Waals surface area (Å²) >= 11 is 0. The van der Waals surface area contributed by atoms with Gasteiger partial charge >= 0.3 is 5.97 Å². The molecule has 0 heterocycles. The number of carboxylic acid groups (broad SMARTS) is 1. The molecule has 0 fully saturated rings. The highest BCUT2D eigenvalue weighted by atomic mass is 16.5. The van der Waals surface area contributed by atoms with Crippen molar-refractivity contribution < 1.29 is 19.4 Å². The molecule has 2 aromatic rings. The third kappa shape index (κ3) is 6.29. The molecule has 0 aromatic heterocycles. The first-order valence-corrected chi connectivity index (χ1v) is 8.85. The van der Waals surface area contributed by atoms with Crippen LogP contribution in [0.25, 0.3) is 6.08 Å². The van der Waals surface area contributed by atoms with E-state index < -0.39 is 17.9 Å². The van der Waals surface area contributed by atoms with Crippen LogP contribution < -0.4 is 10.1 Å². The standard InChI is InChI=1S/C22H25NO4/c1-15(2)21(22(25)26)23-20(24)13-12-18-6-4-5-7-19(18)27-14-17-10-8-16(3)9-11-17/h4-13,15,21H,14H2,1-3H3,(H,23,24)(H,25,26)/b13-12+/t21-/m0/s1. The Morgan fingerprint density at radius 2 is 1.78 bits per heavy atom. The second kappa shape index (κ2) is 9.57. The van der Waals surface area contributed by atoms with E-state index in [4.69, 9.17) is 9.84 Å². The van der Waals surface area contributed by atoms with Crippen LogP contribution in [0.3, 0.4) is 0 Å². The molecule has 1 atom stereocenters. The molecule has 0 aliphatic rings. The van der Waals surface area contributed by atoms with Gasteiger partial charge in [0.1, 0.15) is 18.4 Å². The molecule has 0 aliphatic carbocycles. The Morgan fingerprint density at radius 3 is 2.41 bits per heavy atom. The highest BCUT2D eigenvalue weighted by Crippen LogP contribution is 2.21. The van der Waals surface area contributed by atoms with Crippen molar-refractivity contribution in [2.75, 3.05) is 0 Å². The summed E-state index contributed by atoms with van der Waals surface area (Å²) < 4.78 is 5.88. The zero-order valence-electron chi connectivity index (χ0n) is 15.8. The van der Waals surface area contributed by atoms with Gasteiger partial charge in [-0.3, -0.25) is 4.79 Å². The number of carbonyl (C=O) groups excluding carboxylic acids is 1. The maximum Gasteiger partial charge on any atom is 0.326 e. The lowest BCUT2D eigenvalue weighted by Gasteiger charge is -2.16. The van der Waals surface area contributed by atoms with Crippen LogP contribution in [0.1, 0.15) is 30.5 Å². The highest BCUT2D eigenvalue weighted by Gasteiger charge is 2.22. The van der Waals surface area contributed by atoms with Gasteiger partial charge in [0.05, 0.1) is 0 Å². The molecule has 2 aromatic carbocycles. The van der Waals surface area contributed by atoms with Crippen LogP contribution in [0.5, 0.6) is 5.75 Å². The molecule has 5 nitrogen and oxygen atoms in total. The molecule has 0 saturated heterocycles. The van der Waals surface area contributed by atoms with Crippen LogP contribution >= 0.6 is 0 Å². The number of benzene rings is 2. The van der Waals surface area contributed by atoms with Gasteiger partial charge in [-0.05, 0) is 30.5 Å². The van der Waals surface area contributed by atoms with Crippen molar-refractivity contribution in [1.82, 2.24) is 5.32 Å². The molecule has 2 N–H and O–H groups in total. The number of carbonyl (C=O) groups is 2. The number of hydrogen-bond donors (Lipinski definition) is 2. The summed E-state index contributed by atoms with van der Waals surface area (Å²) in [4.78, 5) is 23.2. The van der Waals surface area contributed by atoms with Crippen LogP contribution in [0.15, 0.2) is 54.6 Å². The summed E-state index contributed by atoms with van der Waals surface area (Å²) in [6.45, 7) is 5.95. The molecule has 2 rings (SSSR count). The lowest BCUT2D eigenvalue weighted by Crippen LogP contribution is -2.43. The Hall–Kier alpha value is -3.08. The van der Waals surface area contributed by atoms with Gasteiger partial charge in [-0.15, -0.1) is 0 Å². The maximum atomic E-state index is 12.1. The van der Waals surface area contributed by atoms with Crippen molar-refractivity contribution in [3.63, 3.8) is 0 Å². The van der Waals surface area contributed by atoms with Crippen LogP contribution in [0, 0.1) is 12.8 Å². The molecule has 0 saturated carbocycles. The summed E-state index contributed by atoms with van der Waals surface area (Å²) in [6, 6.07) is 14.6. The second-order valence-corrected chi connectivity index (χ2v) is 6.71. The Kier molecular flexibility index (Phi) is 7.17. The van der Waals surface area contributed by atoms with Crippen molar-refractivity contribution in [3.05, 3.63) is 71.3 Å². The average molecular weight is 367 g/mol. The predicted molar refractivity (Wildman–Crippen MR) is 105 cm³/mol. The lowest BCUT2D eigenvalue weighted by molar-refractivity contribution is -0.142. The van der Waals surface area contributed by atoms with Gasteiger partial charge in [0.25, 0.3) is 0 Å². The van der Waals surface area contributed by atoms with Gasteiger partial charge in [0.2, 0.25) is 5.91 Å². The molecule has 0 spiro atoms. The number of carboxylic acids is 1. The second-order valence-electron chi connectivity index (χ2n) is 6.71. The minimum absolute atomic E-state index is 0.204. The fraction of sp³-hybridized carbons (Fsp3) is 0.273. The summed E-state index contributed by atoms with van der Waals surface area (Å²) in [6.07, 6.45) is 2.95. The van der Waals surface area contributed by atoms with E-state index in [0.29, 0.717) is 12.4 Å². The minimum Gasteiger partial charge on any atom is -0.488 e. The number of aliphatic carboxylic acids is 1. The van der Waals surface area contributed by atoms with Gasteiger partial charge < -0.3 is 15.2 Å². The molecule has 0 bridgehead atoms. The number of para-hydroxylation sites is 1. The Labute approximate surface area is 159 Å². The predicted octanol–water partition coefficient (Wildman–Crippen LogP) is 3.81. The van der Waals surface area contributed by atoms with E-state index in [9.17, 15) is 9.59 Å². The highest BCUT2D eigenvalue weighted by molar-refractivity contribution is 5.94. The quantitative estimate of drug-likeness (QED) is 0.696. The molecule has 142 valence electrons. The van der Waals surface area contributed by atoms with E-state index in [2.05, 4.69) is 5.32 Å². The molecule has 0 aliphatic heterocycles. The SMILES string of the molecule is Cc1ccc(COc2ccccc2/C=C/C(=O)N[C@H](C(=O)O)C(C)C)cc1. The van der Waals surface area contributed by atoms with Crippen molar-refractivity contribution in [2.24, 2.45) is 5.92 Å². The van der Waals surface area contributed by atoms with Crippen molar-refractivity contribution in [3.8, 4) is 5.75 Å². The fourth-order valence-corrected chi connectivity index (χ4v) is 2.48. The van der Waals surface area contributed by atoms with E-state index in [1.807, 2.05) is 55.5 Å². The first-order valence-electron chi connectivity index (χ1n) is 8.85. The molecule has 0 unspecified atom stereocenters. The average Bonchev–Trinajstić information content (AvgIpc) is 2.64. The van der Waals surface area contributed by atoms with Crippen LogP contribution in [0.4, 0.5) is 0 Å². The summed E-state index contributed by atoms with van der Waals surface area (Å²) in [5.74, 6) is -1.05. The van der Waals surface area contributed by atoms with E-state index >= 15 is 0 Å². The minimum atomic E-state index is -1.05. The normalized spacial score (nSPS) is 12.1. The first kappa shape index (κ1) is 20.2. The van der Waals surface area contributed by atoms with Gasteiger partial charge in [0, 0.05) is 11.6 Å². The van der Waals surface area contributed by atoms with Gasteiger partial charge in [-0.1, -0.05) is 61.9 Å². The topological polar surface area (TPSA) is 75.6 Å².